The van der Waals surface area contributed by atoms with Gasteiger partial charge in [0.1, 0.15) is 18.2 Å². The lowest BCUT2D eigenvalue weighted by atomic mass is 9.98. The number of amides is 2. The largest absolute Gasteiger partial charge is 0.479 e. The summed E-state index contributed by atoms with van der Waals surface area (Å²) in [4.78, 5) is 37.4. The maximum absolute atomic E-state index is 15.3. The Balaban J connectivity index is 1.28. The highest BCUT2D eigenvalue weighted by molar-refractivity contribution is 5.93. The standard InChI is InChI=1S/C26H26F2N2O5/c1-30(25(12-13-25)23(32)33)22(31)26(27,28)21(15-10-11-15)29-24(34)35-14-20-18-8-4-2-6-16(18)17-7-3-5-9-19(17)20/h2-9,15,20-21H,10-14H2,1H3,(H,29,34)(H,32,33). The van der Waals surface area contributed by atoms with E-state index in [4.69, 9.17) is 4.74 Å². The number of likely N-dealkylation sites (N-methyl/N-ethyl adjacent to an activating group) is 1. The molecule has 0 bridgehead atoms. The van der Waals surface area contributed by atoms with E-state index in [1.165, 1.54) is 0 Å². The number of carboxylic acid groups (broad SMARTS) is 1. The number of fused-ring (bicyclic) bond motifs is 3. The smallest absolute Gasteiger partial charge is 0.407 e. The van der Waals surface area contributed by atoms with Gasteiger partial charge >= 0.3 is 18.0 Å². The molecule has 0 aromatic heterocycles. The second-order valence-corrected chi connectivity index (χ2v) is 9.61. The fourth-order valence-corrected chi connectivity index (χ4v) is 5.06. The van der Waals surface area contributed by atoms with Crippen LogP contribution < -0.4 is 5.32 Å². The van der Waals surface area contributed by atoms with Gasteiger partial charge in [0.15, 0.2) is 0 Å². The number of ether oxygens (including phenoxy) is 1. The molecule has 2 saturated carbocycles. The molecule has 1 atom stereocenters. The SMILES string of the molecule is CN(C(=O)C(F)(F)C(NC(=O)OCC1c2ccccc2-c2ccccc21)C1CC1)C1(C(=O)O)CC1. The van der Waals surface area contributed by atoms with Gasteiger partial charge in [-0.05, 0) is 53.9 Å². The van der Waals surface area contributed by atoms with Crippen LogP contribution in [0.15, 0.2) is 48.5 Å². The highest BCUT2D eigenvalue weighted by Gasteiger charge is 2.62. The summed E-state index contributed by atoms with van der Waals surface area (Å²) in [5.41, 5.74) is 2.47. The number of nitrogens with one attached hydrogen (secondary N) is 1. The minimum atomic E-state index is -3.97. The van der Waals surface area contributed by atoms with Gasteiger partial charge in [0.25, 0.3) is 5.91 Å². The van der Waals surface area contributed by atoms with Crippen LogP contribution in [0.1, 0.15) is 42.7 Å². The van der Waals surface area contributed by atoms with Gasteiger partial charge < -0.3 is 20.1 Å². The zero-order valence-corrected chi connectivity index (χ0v) is 19.2. The number of alkyl carbamates (subject to hydrolysis) is 1. The van der Waals surface area contributed by atoms with E-state index < -0.39 is 41.4 Å². The molecule has 2 fully saturated rings. The Morgan fingerprint density at radius 2 is 1.63 bits per heavy atom. The Kier molecular flexibility index (Phi) is 5.53. The number of hydrogen-bond donors (Lipinski definition) is 2. The Morgan fingerprint density at radius 1 is 1.09 bits per heavy atom. The van der Waals surface area contributed by atoms with Gasteiger partial charge in [-0.3, -0.25) is 4.79 Å². The molecule has 0 aliphatic heterocycles. The maximum Gasteiger partial charge on any atom is 0.407 e. The Bertz CT molecular complexity index is 1150. The molecular weight excluding hydrogens is 458 g/mol. The van der Waals surface area contributed by atoms with Crippen molar-refractivity contribution < 1.29 is 33.0 Å². The first-order valence-electron chi connectivity index (χ1n) is 11.7. The normalized spacial score (nSPS) is 18.7. The van der Waals surface area contributed by atoms with Crippen LogP contribution in [0.25, 0.3) is 11.1 Å². The first-order valence-corrected chi connectivity index (χ1v) is 11.7. The number of rotatable bonds is 8. The van der Waals surface area contributed by atoms with Crippen LogP contribution >= 0.6 is 0 Å². The van der Waals surface area contributed by atoms with Crippen LogP contribution in [-0.4, -0.2) is 59.1 Å². The van der Waals surface area contributed by atoms with Gasteiger partial charge in [-0.15, -0.1) is 0 Å². The lowest BCUT2D eigenvalue weighted by molar-refractivity contribution is -0.169. The van der Waals surface area contributed by atoms with Crippen LogP contribution in [0, 0.1) is 5.92 Å². The molecule has 0 saturated heterocycles. The first-order chi connectivity index (χ1) is 16.7. The summed E-state index contributed by atoms with van der Waals surface area (Å²) < 4.78 is 36.0. The third-order valence-electron chi connectivity index (χ3n) is 7.45. The zero-order valence-electron chi connectivity index (χ0n) is 19.2. The van der Waals surface area contributed by atoms with Gasteiger partial charge in [0.2, 0.25) is 0 Å². The van der Waals surface area contributed by atoms with Crippen molar-refractivity contribution in [1.29, 1.82) is 0 Å². The van der Waals surface area contributed by atoms with E-state index in [-0.39, 0.29) is 25.4 Å². The van der Waals surface area contributed by atoms with Gasteiger partial charge in [0, 0.05) is 13.0 Å². The topological polar surface area (TPSA) is 95.9 Å². The molecule has 3 aliphatic rings. The molecule has 5 rings (SSSR count). The van der Waals surface area contributed by atoms with Crippen molar-refractivity contribution in [2.75, 3.05) is 13.7 Å². The molecule has 9 heteroatoms. The Morgan fingerprint density at radius 3 is 2.11 bits per heavy atom. The predicted molar refractivity (Wildman–Crippen MR) is 122 cm³/mol. The van der Waals surface area contributed by atoms with E-state index in [0.29, 0.717) is 17.7 Å². The average molecular weight is 484 g/mol. The van der Waals surface area contributed by atoms with E-state index in [1.807, 2.05) is 48.5 Å². The number of carboxylic acids is 1. The number of alkyl halides is 2. The summed E-state index contributed by atoms with van der Waals surface area (Å²) in [5, 5.41) is 11.6. The molecule has 3 aliphatic carbocycles. The molecule has 0 radical (unpaired) electrons. The zero-order chi connectivity index (χ0) is 25.0. The number of carbonyl (C=O) groups is 3. The van der Waals surface area contributed by atoms with Gasteiger partial charge in [-0.2, -0.15) is 8.78 Å². The van der Waals surface area contributed by atoms with Crippen molar-refractivity contribution >= 4 is 18.0 Å². The molecule has 184 valence electrons. The highest BCUT2D eigenvalue weighted by Crippen LogP contribution is 2.46. The minimum Gasteiger partial charge on any atom is -0.479 e. The van der Waals surface area contributed by atoms with Crippen molar-refractivity contribution in [2.45, 2.75) is 49.1 Å². The lowest BCUT2D eigenvalue weighted by Crippen LogP contribution is -2.60. The summed E-state index contributed by atoms with van der Waals surface area (Å²) in [6, 6.07) is 13.8. The van der Waals surface area contributed by atoms with Crippen molar-refractivity contribution in [3.8, 4) is 11.1 Å². The van der Waals surface area contributed by atoms with Gasteiger partial charge in [0.05, 0.1) is 0 Å². The second-order valence-electron chi connectivity index (χ2n) is 9.61. The Hall–Kier alpha value is -3.49. The number of halogens is 2. The quantitative estimate of drug-likeness (QED) is 0.590. The van der Waals surface area contributed by atoms with Crippen molar-refractivity contribution in [3.63, 3.8) is 0 Å². The number of nitrogens with zero attached hydrogens (tertiary/aromatic N) is 1. The van der Waals surface area contributed by atoms with E-state index >= 15 is 8.78 Å². The van der Waals surface area contributed by atoms with Crippen LogP contribution in [0.2, 0.25) is 0 Å². The fraction of sp³-hybridized carbons (Fsp3) is 0.423. The van der Waals surface area contributed by atoms with Crippen molar-refractivity contribution in [1.82, 2.24) is 10.2 Å². The third-order valence-corrected chi connectivity index (χ3v) is 7.45. The number of aliphatic carboxylic acids is 1. The monoisotopic (exact) mass is 484 g/mol. The van der Waals surface area contributed by atoms with Gasteiger partial charge in [-0.25, -0.2) is 9.59 Å². The molecule has 35 heavy (non-hydrogen) atoms. The Labute approximate surface area is 201 Å². The molecule has 2 amide bonds. The second kappa shape index (κ2) is 8.32. The van der Waals surface area contributed by atoms with Gasteiger partial charge in [-0.1, -0.05) is 48.5 Å². The predicted octanol–water partition coefficient (Wildman–Crippen LogP) is 4.01. The summed E-state index contributed by atoms with van der Waals surface area (Å²) in [7, 11) is 1.08. The van der Waals surface area contributed by atoms with Crippen LogP contribution in [0.5, 0.6) is 0 Å². The number of benzene rings is 2. The third kappa shape index (κ3) is 3.92. The summed E-state index contributed by atoms with van der Waals surface area (Å²) in [6.07, 6.45) is 0.0808. The first kappa shape index (κ1) is 23.3. The van der Waals surface area contributed by atoms with Crippen LogP contribution in [-0.2, 0) is 14.3 Å². The molecule has 2 aromatic rings. The van der Waals surface area contributed by atoms with Crippen molar-refractivity contribution in [3.05, 3.63) is 59.7 Å². The molecule has 1 unspecified atom stereocenters. The lowest BCUT2D eigenvalue weighted by Gasteiger charge is -2.33. The highest BCUT2D eigenvalue weighted by atomic mass is 19.3. The van der Waals surface area contributed by atoms with Crippen LogP contribution in [0.4, 0.5) is 13.6 Å². The molecule has 0 heterocycles. The van der Waals surface area contributed by atoms with E-state index in [2.05, 4.69) is 5.32 Å². The molecule has 7 nitrogen and oxygen atoms in total. The summed E-state index contributed by atoms with van der Waals surface area (Å²) in [5.74, 6) is -7.69. The van der Waals surface area contributed by atoms with E-state index in [9.17, 15) is 19.5 Å². The van der Waals surface area contributed by atoms with Crippen LogP contribution in [0.3, 0.4) is 0 Å². The summed E-state index contributed by atoms with van der Waals surface area (Å²) >= 11 is 0. The molecular formula is C26H26F2N2O5. The number of hydrogen-bond acceptors (Lipinski definition) is 4. The minimum absolute atomic E-state index is 0.0429. The number of carbonyl (C=O) groups excluding carboxylic acids is 2. The maximum atomic E-state index is 15.3. The van der Waals surface area contributed by atoms with Crippen molar-refractivity contribution in [2.24, 2.45) is 5.92 Å². The molecule has 0 spiro atoms. The molecule has 2 aromatic carbocycles. The summed E-state index contributed by atoms with van der Waals surface area (Å²) in [6.45, 7) is -0.0429. The average Bonchev–Trinajstić information content (AvgIpc) is 3.77. The van der Waals surface area contributed by atoms with E-state index in [0.717, 1.165) is 29.3 Å². The molecule has 2 N–H and O–H groups in total. The van der Waals surface area contributed by atoms with E-state index in [1.54, 1.807) is 0 Å². The fourth-order valence-electron chi connectivity index (χ4n) is 5.06.